The lowest BCUT2D eigenvalue weighted by Crippen LogP contribution is -2.39. The predicted molar refractivity (Wildman–Crippen MR) is 110 cm³/mol. The maximum atomic E-state index is 5.51. The molecular formula is C20H32N6O2. The summed E-state index contributed by atoms with van der Waals surface area (Å²) in [5, 5.41) is 15.1. The second kappa shape index (κ2) is 12.1. The number of aliphatic imine (C=N–C) groups is 1. The highest BCUT2D eigenvalue weighted by Crippen LogP contribution is 2.11. The van der Waals surface area contributed by atoms with Crippen molar-refractivity contribution in [2.24, 2.45) is 12.0 Å². The monoisotopic (exact) mass is 388 g/mol. The van der Waals surface area contributed by atoms with Crippen LogP contribution < -0.4 is 10.6 Å². The molecule has 0 saturated heterocycles. The SMILES string of the molecule is COCCOCCCNC(=NCc1nnc(C)n1C)NC(C)c1ccccc1. The van der Waals surface area contributed by atoms with Crippen LogP contribution >= 0.6 is 0 Å². The van der Waals surface area contributed by atoms with Crippen molar-refractivity contribution in [2.45, 2.75) is 32.9 Å². The fraction of sp³-hybridized carbons (Fsp3) is 0.550. The number of benzene rings is 1. The summed E-state index contributed by atoms with van der Waals surface area (Å²) in [6.07, 6.45) is 0.882. The highest BCUT2D eigenvalue weighted by molar-refractivity contribution is 5.80. The van der Waals surface area contributed by atoms with Crippen LogP contribution in [0.5, 0.6) is 0 Å². The molecule has 0 amide bonds. The van der Waals surface area contributed by atoms with Gasteiger partial charge in [0.25, 0.3) is 0 Å². The Morgan fingerprint density at radius 1 is 1.18 bits per heavy atom. The number of nitrogens with zero attached hydrogens (tertiary/aromatic N) is 4. The number of guanidine groups is 1. The van der Waals surface area contributed by atoms with Crippen LogP contribution in [0.1, 0.15) is 36.6 Å². The number of aromatic nitrogens is 3. The second-order valence-electron chi connectivity index (χ2n) is 6.55. The zero-order valence-corrected chi connectivity index (χ0v) is 17.3. The van der Waals surface area contributed by atoms with E-state index < -0.39 is 0 Å². The van der Waals surface area contributed by atoms with E-state index in [9.17, 15) is 0 Å². The van der Waals surface area contributed by atoms with E-state index in [1.807, 2.05) is 36.7 Å². The van der Waals surface area contributed by atoms with E-state index in [1.54, 1.807) is 7.11 Å². The zero-order chi connectivity index (χ0) is 20.2. The lowest BCUT2D eigenvalue weighted by Gasteiger charge is -2.19. The van der Waals surface area contributed by atoms with Gasteiger partial charge in [0.15, 0.2) is 11.8 Å². The molecule has 0 spiro atoms. The molecule has 28 heavy (non-hydrogen) atoms. The molecule has 0 saturated carbocycles. The molecule has 2 rings (SSSR count). The van der Waals surface area contributed by atoms with Crippen LogP contribution in [-0.4, -0.2) is 54.2 Å². The number of nitrogens with one attached hydrogen (secondary N) is 2. The molecule has 0 radical (unpaired) electrons. The van der Waals surface area contributed by atoms with Gasteiger partial charge in [0.05, 0.1) is 19.3 Å². The molecule has 8 heteroatoms. The van der Waals surface area contributed by atoms with Gasteiger partial charge in [0.1, 0.15) is 12.4 Å². The van der Waals surface area contributed by atoms with Crippen molar-refractivity contribution in [1.29, 1.82) is 0 Å². The Morgan fingerprint density at radius 3 is 2.64 bits per heavy atom. The summed E-state index contributed by atoms with van der Waals surface area (Å²) in [6, 6.07) is 10.4. The lowest BCUT2D eigenvalue weighted by molar-refractivity contribution is 0.0698. The first kappa shape index (κ1) is 21.8. The minimum atomic E-state index is 0.131. The molecule has 0 aliphatic carbocycles. The Kier molecular flexibility index (Phi) is 9.44. The minimum Gasteiger partial charge on any atom is -0.382 e. The van der Waals surface area contributed by atoms with Gasteiger partial charge in [-0.15, -0.1) is 10.2 Å². The van der Waals surface area contributed by atoms with E-state index in [-0.39, 0.29) is 6.04 Å². The highest BCUT2D eigenvalue weighted by atomic mass is 16.5. The normalized spacial score (nSPS) is 12.8. The number of hydrogen-bond donors (Lipinski definition) is 2. The van der Waals surface area contributed by atoms with E-state index in [2.05, 4.69) is 39.9 Å². The summed E-state index contributed by atoms with van der Waals surface area (Å²) in [7, 11) is 3.62. The number of aryl methyl sites for hydroxylation is 1. The zero-order valence-electron chi connectivity index (χ0n) is 17.3. The van der Waals surface area contributed by atoms with E-state index in [4.69, 9.17) is 14.5 Å². The Bertz CT molecular complexity index is 717. The number of ether oxygens (including phenoxy) is 2. The molecule has 1 heterocycles. The molecule has 154 valence electrons. The molecule has 0 aliphatic heterocycles. The lowest BCUT2D eigenvalue weighted by atomic mass is 10.1. The van der Waals surface area contributed by atoms with Gasteiger partial charge in [-0.05, 0) is 25.8 Å². The average molecular weight is 389 g/mol. The molecular weight excluding hydrogens is 356 g/mol. The maximum absolute atomic E-state index is 5.51. The summed E-state index contributed by atoms with van der Waals surface area (Å²) < 4.78 is 12.4. The second-order valence-corrected chi connectivity index (χ2v) is 6.55. The number of methoxy groups -OCH3 is 1. The molecule has 2 aromatic rings. The van der Waals surface area contributed by atoms with Gasteiger partial charge in [-0.3, -0.25) is 0 Å². The largest absolute Gasteiger partial charge is 0.382 e. The van der Waals surface area contributed by atoms with Crippen molar-refractivity contribution in [3.8, 4) is 0 Å². The van der Waals surface area contributed by atoms with Crippen molar-refractivity contribution >= 4 is 5.96 Å². The van der Waals surface area contributed by atoms with Gasteiger partial charge in [-0.1, -0.05) is 30.3 Å². The first-order chi connectivity index (χ1) is 13.6. The molecule has 1 atom stereocenters. The van der Waals surface area contributed by atoms with E-state index in [0.717, 1.165) is 30.6 Å². The Labute approximate surface area is 167 Å². The molecule has 8 nitrogen and oxygen atoms in total. The highest BCUT2D eigenvalue weighted by Gasteiger charge is 2.09. The van der Waals surface area contributed by atoms with E-state index >= 15 is 0 Å². The van der Waals surface area contributed by atoms with Crippen molar-refractivity contribution in [3.63, 3.8) is 0 Å². The summed E-state index contributed by atoms with van der Waals surface area (Å²) >= 11 is 0. The molecule has 1 aromatic carbocycles. The third-order valence-electron chi connectivity index (χ3n) is 4.40. The Morgan fingerprint density at radius 2 is 1.96 bits per heavy atom. The molecule has 1 unspecified atom stereocenters. The summed E-state index contributed by atoms with van der Waals surface area (Å²) in [5.41, 5.74) is 1.20. The van der Waals surface area contributed by atoms with Gasteiger partial charge in [-0.2, -0.15) is 0 Å². The van der Waals surface area contributed by atoms with Gasteiger partial charge in [0.2, 0.25) is 0 Å². The predicted octanol–water partition coefficient (Wildman–Crippen LogP) is 1.97. The van der Waals surface area contributed by atoms with Crippen LogP contribution in [0.4, 0.5) is 0 Å². The third-order valence-corrected chi connectivity index (χ3v) is 4.40. The fourth-order valence-corrected chi connectivity index (χ4v) is 2.55. The van der Waals surface area contributed by atoms with Gasteiger partial charge in [-0.25, -0.2) is 4.99 Å². The third kappa shape index (κ3) is 7.28. The topological polar surface area (TPSA) is 85.6 Å². The van der Waals surface area contributed by atoms with Crippen LogP contribution in [-0.2, 0) is 23.1 Å². The molecule has 0 aliphatic rings. The van der Waals surface area contributed by atoms with Crippen molar-refractivity contribution in [2.75, 3.05) is 33.5 Å². The Hall–Kier alpha value is -2.45. The summed E-state index contributed by atoms with van der Waals surface area (Å²) in [6.45, 7) is 7.18. The first-order valence-corrected chi connectivity index (χ1v) is 9.63. The van der Waals surface area contributed by atoms with Crippen LogP contribution in [0, 0.1) is 6.92 Å². The van der Waals surface area contributed by atoms with Crippen LogP contribution in [0.2, 0.25) is 0 Å². The Balaban J connectivity index is 1.92. The van der Waals surface area contributed by atoms with Crippen molar-refractivity contribution in [3.05, 3.63) is 47.5 Å². The summed E-state index contributed by atoms with van der Waals surface area (Å²) in [5.74, 6) is 2.45. The minimum absolute atomic E-state index is 0.131. The van der Waals surface area contributed by atoms with Gasteiger partial charge < -0.3 is 24.7 Å². The van der Waals surface area contributed by atoms with Gasteiger partial charge in [0, 0.05) is 27.3 Å². The quantitative estimate of drug-likeness (QED) is 0.348. The molecule has 2 N–H and O–H groups in total. The first-order valence-electron chi connectivity index (χ1n) is 9.63. The van der Waals surface area contributed by atoms with Crippen LogP contribution in [0.3, 0.4) is 0 Å². The standard InChI is InChI=1S/C20H32N6O2/c1-16(18-9-6-5-7-10-18)23-20(21-11-8-12-28-14-13-27-4)22-15-19-25-24-17(2)26(19)3/h5-7,9-10,16H,8,11-15H2,1-4H3,(H2,21,22,23). The maximum Gasteiger partial charge on any atom is 0.192 e. The van der Waals surface area contributed by atoms with Crippen LogP contribution in [0.15, 0.2) is 35.3 Å². The number of rotatable bonds is 11. The molecule has 0 bridgehead atoms. The molecule has 0 fully saturated rings. The van der Waals surface area contributed by atoms with Crippen molar-refractivity contribution < 1.29 is 9.47 Å². The smallest absolute Gasteiger partial charge is 0.192 e. The van der Waals surface area contributed by atoms with E-state index in [0.29, 0.717) is 26.4 Å². The van der Waals surface area contributed by atoms with Crippen LogP contribution in [0.25, 0.3) is 0 Å². The molecule has 1 aromatic heterocycles. The van der Waals surface area contributed by atoms with E-state index in [1.165, 1.54) is 5.56 Å². The van der Waals surface area contributed by atoms with Crippen molar-refractivity contribution in [1.82, 2.24) is 25.4 Å². The summed E-state index contributed by atoms with van der Waals surface area (Å²) in [4.78, 5) is 4.69. The average Bonchev–Trinajstić information content (AvgIpc) is 3.03. The fourth-order valence-electron chi connectivity index (χ4n) is 2.55. The number of hydrogen-bond acceptors (Lipinski definition) is 5. The van der Waals surface area contributed by atoms with Gasteiger partial charge >= 0.3 is 0 Å².